The molecular weight excluding hydrogens is 226 g/mol. The van der Waals surface area contributed by atoms with Crippen molar-refractivity contribution in [3.05, 3.63) is 29.8 Å². The van der Waals surface area contributed by atoms with Crippen LogP contribution in [0.4, 0.5) is 0 Å². The molecule has 1 aliphatic rings. The minimum Gasteiger partial charge on any atom is -0.490 e. The molecule has 0 radical (unpaired) electrons. The molecule has 0 aliphatic heterocycles. The van der Waals surface area contributed by atoms with Crippen molar-refractivity contribution < 1.29 is 9.47 Å². The molecule has 2 rings (SSSR count). The molecule has 3 heteroatoms. The Labute approximate surface area is 109 Å². The van der Waals surface area contributed by atoms with E-state index >= 15 is 0 Å². The molecule has 0 amide bonds. The van der Waals surface area contributed by atoms with E-state index in [0.29, 0.717) is 6.10 Å². The van der Waals surface area contributed by atoms with Gasteiger partial charge in [-0.1, -0.05) is 12.1 Å². The first-order chi connectivity index (χ1) is 8.88. The van der Waals surface area contributed by atoms with Crippen molar-refractivity contribution >= 4 is 0 Å². The molecule has 0 unspecified atom stereocenters. The van der Waals surface area contributed by atoms with Crippen LogP contribution in [0.25, 0.3) is 0 Å². The Morgan fingerprint density at radius 3 is 2.61 bits per heavy atom. The summed E-state index contributed by atoms with van der Waals surface area (Å²) in [6.07, 6.45) is 5.20. The van der Waals surface area contributed by atoms with Gasteiger partial charge in [0.1, 0.15) is 5.75 Å². The van der Waals surface area contributed by atoms with Gasteiger partial charge in [0, 0.05) is 13.7 Å². The molecule has 100 valence electrons. The highest BCUT2D eigenvalue weighted by molar-refractivity contribution is 5.27. The number of rotatable bonds is 9. The largest absolute Gasteiger partial charge is 0.490 e. The normalized spacial score (nSPS) is 14.7. The second kappa shape index (κ2) is 7.39. The number of nitrogens with one attached hydrogen (secondary N) is 1. The average Bonchev–Trinajstić information content (AvgIpc) is 3.20. The van der Waals surface area contributed by atoms with Crippen molar-refractivity contribution in [1.29, 1.82) is 0 Å². The molecule has 1 saturated carbocycles. The van der Waals surface area contributed by atoms with Crippen LogP contribution >= 0.6 is 0 Å². The predicted octanol–water partition coefficient (Wildman–Crippen LogP) is 2.40. The second-order valence-electron chi connectivity index (χ2n) is 4.81. The number of ether oxygens (including phenoxy) is 2. The van der Waals surface area contributed by atoms with E-state index in [4.69, 9.17) is 9.47 Å². The smallest absolute Gasteiger partial charge is 0.119 e. The van der Waals surface area contributed by atoms with Gasteiger partial charge >= 0.3 is 0 Å². The molecule has 1 aliphatic carbocycles. The lowest BCUT2D eigenvalue weighted by molar-refractivity contribution is 0.199. The van der Waals surface area contributed by atoms with E-state index in [9.17, 15) is 0 Å². The Kier molecular flexibility index (Phi) is 5.49. The lowest BCUT2D eigenvalue weighted by atomic mass is 10.1. The second-order valence-corrected chi connectivity index (χ2v) is 4.81. The van der Waals surface area contributed by atoms with Crippen LogP contribution in [0.2, 0.25) is 0 Å². The van der Waals surface area contributed by atoms with Crippen LogP contribution in [0.3, 0.4) is 0 Å². The number of hydrogen-bond acceptors (Lipinski definition) is 3. The van der Waals surface area contributed by atoms with Gasteiger partial charge in [-0.3, -0.25) is 0 Å². The molecule has 1 aromatic carbocycles. The molecule has 1 fully saturated rings. The van der Waals surface area contributed by atoms with Gasteiger partial charge in [-0.25, -0.2) is 0 Å². The van der Waals surface area contributed by atoms with Crippen molar-refractivity contribution in [3.63, 3.8) is 0 Å². The maximum absolute atomic E-state index is 5.72. The quantitative estimate of drug-likeness (QED) is 0.682. The zero-order valence-corrected chi connectivity index (χ0v) is 11.2. The SMILES string of the molecule is COCCNCCCc1ccc(OC2CC2)cc1. The lowest BCUT2D eigenvalue weighted by Crippen LogP contribution is -2.20. The number of hydrogen-bond donors (Lipinski definition) is 1. The number of aryl methyl sites for hydroxylation is 1. The third kappa shape index (κ3) is 5.07. The van der Waals surface area contributed by atoms with Crippen LogP contribution in [0.1, 0.15) is 24.8 Å². The molecule has 0 spiro atoms. The van der Waals surface area contributed by atoms with Crippen LogP contribution in [0, 0.1) is 0 Å². The maximum Gasteiger partial charge on any atom is 0.119 e. The van der Waals surface area contributed by atoms with E-state index in [0.717, 1.165) is 38.3 Å². The highest BCUT2D eigenvalue weighted by Gasteiger charge is 2.23. The van der Waals surface area contributed by atoms with Gasteiger partial charge in [-0.2, -0.15) is 0 Å². The Bertz CT molecular complexity index is 333. The molecule has 0 bridgehead atoms. The van der Waals surface area contributed by atoms with E-state index in [1.807, 2.05) is 0 Å². The summed E-state index contributed by atoms with van der Waals surface area (Å²) in [5.41, 5.74) is 1.38. The summed E-state index contributed by atoms with van der Waals surface area (Å²) in [7, 11) is 1.73. The standard InChI is InChI=1S/C15H23NO2/c1-17-12-11-16-10-2-3-13-4-6-14(7-5-13)18-15-8-9-15/h4-7,15-16H,2-3,8-12H2,1H3. The summed E-state index contributed by atoms with van der Waals surface area (Å²) >= 11 is 0. The van der Waals surface area contributed by atoms with E-state index in [1.165, 1.54) is 18.4 Å². The minimum atomic E-state index is 0.487. The topological polar surface area (TPSA) is 30.5 Å². The first-order valence-corrected chi connectivity index (χ1v) is 6.84. The number of benzene rings is 1. The molecule has 18 heavy (non-hydrogen) atoms. The van der Waals surface area contributed by atoms with E-state index in [2.05, 4.69) is 29.6 Å². The molecule has 1 aromatic rings. The summed E-state index contributed by atoms with van der Waals surface area (Å²) in [4.78, 5) is 0. The summed E-state index contributed by atoms with van der Waals surface area (Å²) in [6, 6.07) is 8.53. The maximum atomic E-state index is 5.72. The van der Waals surface area contributed by atoms with Gasteiger partial charge in [-0.15, -0.1) is 0 Å². The van der Waals surface area contributed by atoms with Crippen LogP contribution in [0.5, 0.6) is 5.75 Å². The highest BCUT2D eigenvalue weighted by Crippen LogP contribution is 2.26. The Balaban J connectivity index is 1.60. The average molecular weight is 249 g/mol. The van der Waals surface area contributed by atoms with Crippen molar-refractivity contribution in [2.24, 2.45) is 0 Å². The van der Waals surface area contributed by atoms with Gasteiger partial charge in [0.05, 0.1) is 12.7 Å². The zero-order chi connectivity index (χ0) is 12.6. The van der Waals surface area contributed by atoms with Crippen LogP contribution < -0.4 is 10.1 Å². The number of methoxy groups -OCH3 is 1. The third-order valence-electron chi connectivity index (χ3n) is 3.05. The lowest BCUT2D eigenvalue weighted by Gasteiger charge is -2.06. The summed E-state index contributed by atoms with van der Waals surface area (Å²) in [5, 5.41) is 3.35. The van der Waals surface area contributed by atoms with Crippen molar-refractivity contribution in [2.75, 3.05) is 26.8 Å². The molecule has 1 N–H and O–H groups in total. The Morgan fingerprint density at radius 1 is 1.17 bits per heavy atom. The highest BCUT2D eigenvalue weighted by atomic mass is 16.5. The molecule has 0 saturated heterocycles. The van der Waals surface area contributed by atoms with E-state index < -0.39 is 0 Å². The molecule has 0 heterocycles. The van der Waals surface area contributed by atoms with Gasteiger partial charge < -0.3 is 14.8 Å². The van der Waals surface area contributed by atoms with Crippen LogP contribution in [0.15, 0.2) is 24.3 Å². The fourth-order valence-corrected chi connectivity index (χ4v) is 1.83. The first kappa shape index (κ1) is 13.4. The Morgan fingerprint density at radius 2 is 1.94 bits per heavy atom. The van der Waals surface area contributed by atoms with Crippen molar-refractivity contribution in [1.82, 2.24) is 5.32 Å². The monoisotopic (exact) mass is 249 g/mol. The molecule has 3 nitrogen and oxygen atoms in total. The van der Waals surface area contributed by atoms with Crippen LogP contribution in [-0.2, 0) is 11.2 Å². The van der Waals surface area contributed by atoms with Crippen LogP contribution in [-0.4, -0.2) is 32.9 Å². The summed E-state index contributed by atoms with van der Waals surface area (Å²) in [6.45, 7) is 2.77. The van der Waals surface area contributed by atoms with E-state index in [1.54, 1.807) is 7.11 Å². The van der Waals surface area contributed by atoms with Crippen molar-refractivity contribution in [2.45, 2.75) is 31.8 Å². The molecular formula is C15H23NO2. The summed E-state index contributed by atoms with van der Waals surface area (Å²) < 4.78 is 10.7. The fraction of sp³-hybridized carbons (Fsp3) is 0.600. The predicted molar refractivity (Wildman–Crippen MR) is 73.2 cm³/mol. The van der Waals surface area contributed by atoms with Gasteiger partial charge in [0.2, 0.25) is 0 Å². The molecule has 0 aromatic heterocycles. The van der Waals surface area contributed by atoms with Gasteiger partial charge in [-0.05, 0) is 49.9 Å². The Hall–Kier alpha value is -1.06. The van der Waals surface area contributed by atoms with Gasteiger partial charge in [0.15, 0.2) is 0 Å². The van der Waals surface area contributed by atoms with Gasteiger partial charge in [0.25, 0.3) is 0 Å². The summed E-state index contributed by atoms with van der Waals surface area (Å²) in [5.74, 6) is 1.01. The first-order valence-electron chi connectivity index (χ1n) is 6.84. The zero-order valence-electron chi connectivity index (χ0n) is 11.2. The third-order valence-corrected chi connectivity index (χ3v) is 3.05. The van der Waals surface area contributed by atoms with E-state index in [-0.39, 0.29) is 0 Å². The van der Waals surface area contributed by atoms with Crippen molar-refractivity contribution in [3.8, 4) is 5.75 Å². The molecule has 0 atom stereocenters. The fourth-order valence-electron chi connectivity index (χ4n) is 1.83. The minimum absolute atomic E-state index is 0.487.